The van der Waals surface area contributed by atoms with Crippen LogP contribution in [0.25, 0.3) is 0 Å². The molecular formula is C25H13BrClF8N3O3. The second kappa shape index (κ2) is 10.9. The van der Waals surface area contributed by atoms with E-state index in [1.54, 1.807) is 0 Å². The van der Waals surface area contributed by atoms with E-state index in [0.717, 1.165) is 29.2 Å². The van der Waals surface area contributed by atoms with E-state index in [9.17, 15) is 49.5 Å². The fraction of sp³-hybridized carbons (Fsp3) is 0.160. The van der Waals surface area contributed by atoms with E-state index in [2.05, 4.69) is 21.2 Å². The molecule has 0 bridgehead atoms. The van der Waals surface area contributed by atoms with Crippen molar-refractivity contribution in [2.24, 2.45) is 0 Å². The first-order valence-corrected chi connectivity index (χ1v) is 12.3. The monoisotopic (exact) mass is 669 g/mol. The highest BCUT2D eigenvalue weighted by molar-refractivity contribution is 9.10. The van der Waals surface area contributed by atoms with Crippen molar-refractivity contribution in [3.05, 3.63) is 85.8 Å². The third-order valence-electron chi connectivity index (χ3n) is 5.80. The van der Waals surface area contributed by atoms with Crippen molar-refractivity contribution in [3.63, 3.8) is 0 Å². The molecule has 0 radical (unpaired) electrons. The molecule has 4 rings (SSSR count). The Balaban J connectivity index is 1.92. The predicted octanol–water partition coefficient (Wildman–Crippen LogP) is 7.19. The lowest BCUT2D eigenvalue weighted by Crippen LogP contribution is -2.37. The molecule has 6 nitrogen and oxygen atoms in total. The Morgan fingerprint density at radius 2 is 1.68 bits per heavy atom. The largest absolute Gasteiger partial charge is 0.416 e. The van der Waals surface area contributed by atoms with Crippen molar-refractivity contribution >= 4 is 62.7 Å². The van der Waals surface area contributed by atoms with Crippen LogP contribution in [0, 0.1) is 11.6 Å². The molecule has 1 aliphatic heterocycles. The summed E-state index contributed by atoms with van der Waals surface area (Å²) >= 11 is 9.14. The molecular weight excluding hydrogens is 658 g/mol. The average molecular weight is 671 g/mol. The number of halogens is 10. The van der Waals surface area contributed by atoms with E-state index in [1.807, 2.05) is 0 Å². The van der Waals surface area contributed by atoms with Gasteiger partial charge in [-0.05, 0) is 58.4 Å². The number of carbonyl (C=O) groups is 3. The topological polar surface area (TPSA) is 69.7 Å². The first-order chi connectivity index (χ1) is 19.0. The molecule has 0 saturated heterocycles. The van der Waals surface area contributed by atoms with E-state index in [1.165, 1.54) is 0 Å². The number of nitrogens with zero attached hydrogens (tertiary/aromatic N) is 2. The lowest BCUT2D eigenvalue weighted by molar-refractivity contribution is -0.137. The third kappa shape index (κ3) is 6.30. The number of anilines is 3. The number of benzene rings is 3. The Kier molecular flexibility index (Phi) is 8.06. The number of hydrogen-bond acceptors (Lipinski definition) is 4. The van der Waals surface area contributed by atoms with E-state index in [-0.39, 0.29) is 33.3 Å². The first kappa shape index (κ1) is 30.2. The number of rotatable bonds is 6. The molecule has 0 aliphatic carbocycles. The molecule has 41 heavy (non-hydrogen) atoms. The van der Waals surface area contributed by atoms with Gasteiger partial charge in [-0.2, -0.15) is 26.3 Å². The van der Waals surface area contributed by atoms with Crippen LogP contribution in [0.2, 0.25) is 5.02 Å². The quantitative estimate of drug-likeness (QED) is 0.171. The van der Waals surface area contributed by atoms with Crippen molar-refractivity contribution in [2.45, 2.75) is 12.4 Å². The van der Waals surface area contributed by atoms with Gasteiger partial charge in [-0.15, -0.1) is 0 Å². The third-order valence-corrected chi connectivity index (χ3v) is 6.91. The summed E-state index contributed by atoms with van der Waals surface area (Å²) in [5.41, 5.74) is -4.38. The van der Waals surface area contributed by atoms with Gasteiger partial charge in [0.1, 0.15) is 18.2 Å². The van der Waals surface area contributed by atoms with Gasteiger partial charge >= 0.3 is 12.4 Å². The molecule has 0 unspecified atom stereocenters. The van der Waals surface area contributed by atoms with Crippen LogP contribution in [-0.4, -0.2) is 37.5 Å². The average Bonchev–Trinajstić information content (AvgIpc) is 3.20. The zero-order valence-corrected chi connectivity index (χ0v) is 22.3. The second-order valence-corrected chi connectivity index (χ2v) is 9.84. The molecule has 1 N–H and O–H groups in total. The maximum absolute atomic E-state index is 14.0. The van der Waals surface area contributed by atoms with Crippen molar-refractivity contribution in [1.82, 2.24) is 0 Å². The van der Waals surface area contributed by atoms with E-state index in [0.29, 0.717) is 17.0 Å². The summed E-state index contributed by atoms with van der Waals surface area (Å²) in [6.07, 6.45) is -9.60. The Labute approximate surface area is 238 Å². The van der Waals surface area contributed by atoms with Crippen LogP contribution < -0.4 is 15.1 Å². The Bertz CT molecular complexity index is 1580. The van der Waals surface area contributed by atoms with Crippen molar-refractivity contribution in [3.8, 4) is 0 Å². The highest BCUT2D eigenvalue weighted by Gasteiger charge is 2.39. The smallest absolute Gasteiger partial charge is 0.342 e. The maximum Gasteiger partial charge on any atom is 0.416 e. The molecule has 0 spiro atoms. The summed E-state index contributed by atoms with van der Waals surface area (Å²) in [4.78, 5) is 39.8. The van der Waals surface area contributed by atoms with Gasteiger partial charge in [0.05, 0.1) is 44.4 Å². The first-order valence-electron chi connectivity index (χ1n) is 11.1. The van der Waals surface area contributed by atoms with Gasteiger partial charge in [0.2, 0.25) is 6.41 Å². The van der Waals surface area contributed by atoms with Crippen LogP contribution in [-0.2, 0) is 11.0 Å². The number of fused-ring (bicyclic) bond motifs is 1. The highest BCUT2D eigenvalue weighted by Crippen LogP contribution is 2.48. The molecule has 0 saturated carbocycles. The fourth-order valence-corrected chi connectivity index (χ4v) is 5.14. The van der Waals surface area contributed by atoms with Gasteiger partial charge in [-0.25, -0.2) is 8.78 Å². The number of amides is 2. The van der Waals surface area contributed by atoms with Crippen molar-refractivity contribution in [2.75, 3.05) is 28.3 Å². The number of alkyl halides is 6. The van der Waals surface area contributed by atoms with E-state index >= 15 is 0 Å². The lowest BCUT2D eigenvalue weighted by Gasteiger charge is -2.22. The van der Waals surface area contributed by atoms with Crippen LogP contribution in [0.1, 0.15) is 31.8 Å². The van der Waals surface area contributed by atoms with Crippen LogP contribution in [0.4, 0.5) is 52.2 Å². The zero-order valence-electron chi connectivity index (χ0n) is 19.9. The number of nitrogens with one attached hydrogen (secondary N) is 1. The normalized spacial score (nSPS) is 13.3. The summed E-state index contributed by atoms with van der Waals surface area (Å²) in [7, 11) is 0. The minimum absolute atomic E-state index is 0.146. The van der Waals surface area contributed by atoms with Crippen LogP contribution >= 0.6 is 27.5 Å². The van der Waals surface area contributed by atoms with Crippen molar-refractivity contribution in [1.29, 1.82) is 0 Å². The molecule has 1 heterocycles. The van der Waals surface area contributed by atoms with Crippen LogP contribution in [0.3, 0.4) is 0 Å². The number of hydrogen-bond donors (Lipinski definition) is 1. The number of carbonyl (C=O) groups excluding carboxylic acids is 3. The Morgan fingerprint density at radius 1 is 1.00 bits per heavy atom. The van der Waals surface area contributed by atoms with Gasteiger partial charge in [0, 0.05) is 11.1 Å². The molecule has 3 aromatic rings. The van der Waals surface area contributed by atoms with Gasteiger partial charge in [-0.1, -0.05) is 11.6 Å². The molecule has 0 fully saturated rings. The predicted molar refractivity (Wildman–Crippen MR) is 135 cm³/mol. The summed E-state index contributed by atoms with van der Waals surface area (Å²) < 4.78 is 107. The SMILES string of the molecule is O=CN1CN(CC(F)(F)F)c2cc(NC(=O)c3cc(F)cc(C(F)(F)F)c3)c(C(=O)c3cc(F)ccc3Cl)c(Br)c21. The minimum Gasteiger partial charge on any atom is -0.342 e. The van der Waals surface area contributed by atoms with E-state index in [4.69, 9.17) is 11.6 Å². The van der Waals surface area contributed by atoms with Crippen LogP contribution in [0.15, 0.2) is 46.9 Å². The summed E-state index contributed by atoms with van der Waals surface area (Å²) in [6, 6.07) is 4.55. The molecule has 2 amide bonds. The molecule has 3 aromatic carbocycles. The minimum atomic E-state index is -5.03. The Morgan fingerprint density at radius 3 is 2.29 bits per heavy atom. The molecule has 16 heteroatoms. The molecule has 1 aliphatic rings. The zero-order chi connectivity index (χ0) is 30.4. The van der Waals surface area contributed by atoms with Gasteiger partial charge in [0.15, 0.2) is 5.78 Å². The molecule has 0 aromatic heterocycles. The highest BCUT2D eigenvalue weighted by atomic mass is 79.9. The summed E-state index contributed by atoms with van der Waals surface area (Å²) in [5, 5.41) is 1.87. The maximum atomic E-state index is 14.0. The molecule has 216 valence electrons. The van der Waals surface area contributed by atoms with E-state index < -0.39 is 76.8 Å². The van der Waals surface area contributed by atoms with Crippen molar-refractivity contribution < 1.29 is 49.5 Å². The second-order valence-electron chi connectivity index (χ2n) is 8.64. The van der Waals surface area contributed by atoms with Gasteiger partial charge < -0.3 is 10.2 Å². The molecule has 0 atom stereocenters. The fourth-order valence-electron chi connectivity index (χ4n) is 4.11. The Hall–Kier alpha value is -3.72. The number of ketones is 1. The van der Waals surface area contributed by atoms with Gasteiger partial charge in [-0.3, -0.25) is 19.3 Å². The summed E-state index contributed by atoms with van der Waals surface area (Å²) in [6.45, 7) is -2.19. The van der Waals surface area contributed by atoms with Gasteiger partial charge in [0.25, 0.3) is 5.91 Å². The standard InChI is InChI=1S/C25H13BrClF8N3O3/c26-20-19(22(40)15-6-13(28)1-2-16(15)27)17(7-18-21(20)38(10-39)9-37(18)8-24(30,31)32)36-23(41)11-3-12(25(33,34)35)5-14(29)4-11/h1-7,10H,8-9H2,(H,36,41). The summed E-state index contributed by atoms with van der Waals surface area (Å²) in [5.74, 6) is -4.75. The lowest BCUT2D eigenvalue weighted by atomic mass is 9.99. The van der Waals surface area contributed by atoms with Crippen LogP contribution in [0.5, 0.6) is 0 Å².